The van der Waals surface area contributed by atoms with E-state index in [4.69, 9.17) is 21.1 Å². The van der Waals surface area contributed by atoms with Crippen molar-refractivity contribution in [2.45, 2.75) is 52.6 Å². The second kappa shape index (κ2) is 10.2. The lowest BCUT2D eigenvalue weighted by molar-refractivity contribution is -0.139. The summed E-state index contributed by atoms with van der Waals surface area (Å²) in [7, 11) is 0. The Morgan fingerprint density at radius 3 is 2.70 bits per heavy atom. The van der Waals surface area contributed by atoms with Gasteiger partial charge >= 0.3 is 0 Å². The van der Waals surface area contributed by atoms with Crippen molar-refractivity contribution in [3.8, 4) is 22.4 Å². The topological polar surface area (TPSA) is 104 Å². The molecular weight excluding hydrogens is 492 g/mol. The van der Waals surface area contributed by atoms with E-state index in [9.17, 15) is 4.79 Å². The predicted molar refractivity (Wildman–Crippen MR) is 144 cm³/mol. The minimum atomic E-state index is -0.628. The Labute approximate surface area is 219 Å². The van der Waals surface area contributed by atoms with Crippen molar-refractivity contribution in [1.29, 1.82) is 0 Å². The molecule has 1 aliphatic rings. The number of fused-ring (bicyclic) bond motifs is 1. The van der Waals surface area contributed by atoms with Gasteiger partial charge in [-0.25, -0.2) is 9.97 Å². The van der Waals surface area contributed by atoms with Crippen LogP contribution in [0.25, 0.3) is 33.4 Å². The third-order valence-electron chi connectivity index (χ3n) is 6.21. The van der Waals surface area contributed by atoms with E-state index in [2.05, 4.69) is 25.3 Å². The van der Waals surface area contributed by atoms with Crippen molar-refractivity contribution >= 4 is 28.6 Å². The van der Waals surface area contributed by atoms with Gasteiger partial charge in [-0.15, -0.1) is 0 Å². The summed E-state index contributed by atoms with van der Waals surface area (Å²) < 4.78 is 13.3. The molecule has 5 rings (SSSR count). The highest BCUT2D eigenvalue weighted by atomic mass is 35.5. The first-order valence-corrected chi connectivity index (χ1v) is 12.7. The second-order valence-corrected chi connectivity index (χ2v) is 9.90. The number of rotatable bonds is 7. The summed E-state index contributed by atoms with van der Waals surface area (Å²) in [6.07, 6.45) is 5.60. The Morgan fingerprint density at radius 2 is 2.00 bits per heavy atom. The Hall–Kier alpha value is -3.40. The number of pyridine rings is 1. The molecule has 0 amide bonds. The summed E-state index contributed by atoms with van der Waals surface area (Å²) in [4.78, 5) is 31.7. The standard InChI is InChI=1S/C27H29ClN6O3/c1-5-30-26-31-13-18-10-21(20-7-6-17(11-22(20)28)23-14-29-12-16(2)32-23)25(35)34(24(18)33-26)9-8-19-15-36-27(3,4)37-19/h6-7,10-14,19H,5,8-9,15H2,1-4H3,(H,30,31,33)/t19-/m0/s1. The van der Waals surface area contributed by atoms with Gasteiger partial charge in [0.25, 0.3) is 5.56 Å². The number of nitrogens with zero attached hydrogens (tertiary/aromatic N) is 5. The summed E-state index contributed by atoms with van der Waals surface area (Å²) in [5.41, 5.74) is 3.83. The molecule has 3 aromatic heterocycles. The Kier molecular flexibility index (Phi) is 6.94. The molecule has 1 saturated heterocycles. The van der Waals surface area contributed by atoms with E-state index in [0.717, 1.165) is 22.3 Å². The van der Waals surface area contributed by atoms with Crippen LogP contribution >= 0.6 is 11.6 Å². The average molecular weight is 521 g/mol. The van der Waals surface area contributed by atoms with Gasteiger partial charge in [0.1, 0.15) is 5.65 Å². The fraction of sp³-hybridized carbons (Fsp3) is 0.370. The number of aryl methyl sites for hydroxylation is 2. The molecule has 4 aromatic rings. The average Bonchev–Trinajstić information content (AvgIpc) is 3.22. The highest BCUT2D eigenvalue weighted by molar-refractivity contribution is 6.33. The van der Waals surface area contributed by atoms with Gasteiger partial charge in [-0.2, -0.15) is 4.98 Å². The van der Waals surface area contributed by atoms with Crippen LogP contribution in [-0.2, 0) is 16.0 Å². The van der Waals surface area contributed by atoms with E-state index < -0.39 is 5.79 Å². The number of nitrogens with one attached hydrogen (secondary N) is 1. The monoisotopic (exact) mass is 520 g/mol. The molecule has 10 heteroatoms. The van der Waals surface area contributed by atoms with Crippen LogP contribution in [0, 0.1) is 6.92 Å². The van der Waals surface area contributed by atoms with E-state index >= 15 is 0 Å². The number of benzene rings is 1. The van der Waals surface area contributed by atoms with Gasteiger partial charge in [-0.1, -0.05) is 23.7 Å². The highest BCUT2D eigenvalue weighted by Crippen LogP contribution is 2.32. The van der Waals surface area contributed by atoms with Gasteiger partial charge in [0, 0.05) is 52.6 Å². The van der Waals surface area contributed by atoms with Crippen LogP contribution < -0.4 is 10.9 Å². The van der Waals surface area contributed by atoms with Crippen LogP contribution in [-0.4, -0.2) is 49.5 Å². The second-order valence-electron chi connectivity index (χ2n) is 9.50. The largest absolute Gasteiger partial charge is 0.354 e. The first kappa shape index (κ1) is 25.3. The van der Waals surface area contributed by atoms with E-state index in [-0.39, 0.29) is 11.7 Å². The molecule has 0 spiro atoms. The maximum Gasteiger partial charge on any atom is 0.260 e. The molecule has 1 aromatic carbocycles. The van der Waals surface area contributed by atoms with Gasteiger partial charge in [0.2, 0.25) is 5.95 Å². The maximum absolute atomic E-state index is 13.9. The lowest BCUT2D eigenvalue weighted by Crippen LogP contribution is -2.27. The predicted octanol–water partition coefficient (Wildman–Crippen LogP) is 4.85. The molecule has 1 fully saturated rings. The molecule has 192 valence electrons. The molecule has 1 aliphatic heterocycles. The zero-order valence-corrected chi connectivity index (χ0v) is 22.0. The van der Waals surface area contributed by atoms with Gasteiger partial charge in [-0.3, -0.25) is 14.3 Å². The van der Waals surface area contributed by atoms with Crippen LogP contribution in [0.2, 0.25) is 5.02 Å². The highest BCUT2D eigenvalue weighted by Gasteiger charge is 2.32. The third kappa shape index (κ3) is 5.34. The molecule has 0 radical (unpaired) electrons. The van der Waals surface area contributed by atoms with E-state index in [1.54, 1.807) is 29.2 Å². The number of hydrogen-bond acceptors (Lipinski definition) is 8. The molecule has 37 heavy (non-hydrogen) atoms. The van der Waals surface area contributed by atoms with Crippen molar-refractivity contribution in [2.24, 2.45) is 0 Å². The molecule has 9 nitrogen and oxygen atoms in total. The Morgan fingerprint density at radius 1 is 1.16 bits per heavy atom. The van der Waals surface area contributed by atoms with Crippen LogP contribution in [0.5, 0.6) is 0 Å². The van der Waals surface area contributed by atoms with E-state index in [1.807, 2.05) is 45.9 Å². The molecule has 0 aliphatic carbocycles. The minimum absolute atomic E-state index is 0.117. The summed E-state index contributed by atoms with van der Waals surface area (Å²) >= 11 is 6.73. The van der Waals surface area contributed by atoms with Crippen LogP contribution in [0.3, 0.4) is 0 Å². The number of hydrogen-bond donors (Lipinski definition) is 1. The van der Waals surface area contributed by atoms with Crippen molar-refractivity contribution in [2.75, 3.05) is 18.5 Å². The van der Waals surface area contributed by atoms with Crippen molar-refractivity contribution in [1.82, 2.24) is 24.5 Å². The fourth-order valence-electron chi connectivity index (χ4n) is 4.48. The fourth-order valence-corrected chi connectivity index (χ4v) is 4.76. The summed E-state index contributed by atoms with van der Waals surface area (Å²) in [5.74, 6) is -0.157. The molecule has 4 heterocycles. The first-order valence-electron chi connectivity index (χ1n) is 12.3. The Bertz CT molecular complexity index is 1520. The summed E-state index contributed by atoms with van der Waals surface area (Å²) in [6.45, 7) is 9.19. The SMILES string of the molecule is CCNc1ncc2cc(-c3ccc(-c4cncc(C)n4)cc3Cl)c(=O)n(CC[C@H]3COC(C)(C)O3)c2n1. The van der Waals surface area contributed by atoms with Crippen LogP contribution in [0.4, 0.5) is 5.95 Å². The molecule has 0 saturated carbocycles. The van der Waals surface area contributed by atoms with Crippen LogP contribution in [0.15, 0.2) is 47.7 Å². The molecule has 1 N–H and O–H groups in total. The van der Waals surface area contributed by atoms with E-state index in [1.165, 1.54) is 0 Å². The molecule has 0 bridgehead atoms. The maximum atomic E-state index is 13.9. The summed E-state index contributed by atoms with van der Waals surface area (Å²) in [6, 6.07) is 7.36. The lowest BCUT2D eigenvalue weighted by atomic mass is 10.0. The smallest absolute Gasteiger partial charge is 0.260 e. The van der Waals surface area contributed by atoms with Crippen LogP contribution in [0.1, 0.15) is 32.9 Å². The summed E-state index contributed by atoms with van der Waals surface area (Å²) in [5, 5.41) is 4.31. The zero-order chi connectivity index (χ0) is 26.2. The van der Waals surface area contributed by atoms with Gasteiger partial charge in [-0.05, 0) is 46.2 Å². The number of anilines is 1. The third-order valence-corrected chi connectivity index (χ3v) is 6.53. The Balaban J connectivity index is 1.57. The number of ether oxygens (including phenoxy) is 2. The molecular formula is C27H29ClN6O3. The molecule has 1 atom stereocenters. The normalized spacial score (nSPS) is 16.8. The minimum Gasteiger partial charge on any atom is -0.354 e. The van der Waals surface area contributed by atoms with Crippen molar-refractivity contribution in [3.05, 3.63) is 63.9 Å². The molecule has 0 unspecified atom stereocenters. The number of halogens is 1. The van der Waals surface area contributed by atoms with Gasteiger partial charge < -0.3 is 14.8 Å². The van der Waals surface area contributed by atoms with Crippen molar-refractivity contribution < 1.29 is 9.47 Å². The zero-order valence-electron chi connectivity index (χ0n) is 21.3. The van der Waals surface area contributed by atoms with Crippen molar-refractivity contribution in [3.63, 3.8) is 0 Å². The van der Waals surface area contributed by atoms with Gasteiger partial charge in [0.15, 0.2) is 5.79 Å². The first-order chi connectivity index (χ1) is 17.7. The number of aromatic nitrogens is 5. The van der Waals surface area contributed by atoms with Gasteiger partial charge in [0.05, 0.1) is 30.3 Å². The van der Waals surface area contributed by atoms with E-state index in [0.29, 0.717) is 53.9 Å². The lowest BCUT2D eigenvalue weighted by Gasteiger charge is -2.18. The quantitative estimate of drug-likeness (QED) is 0.369.